The maximum absolute atomic E-state index is 13.2. The predicted octanol–water partition coefficient (Wildman–Crippen LogP) is 1.79. The molecule has 8 heteroatoms. The average Bonchev–Trinajstić information content (AvgIpc) is 2.27. The van der Waals surface area contributed by atoms with E-state index in [1.165, 1.54) is 4.90 Å². The molecule has 5 nitrogen and oxygen atoms in total. The predicted molar refractivity (Wildman–Crippen MR) is 61.4 cm³/mol. The number of halogens is 3. The Morgan fingerprint density at radius 1 is 1.37 bits per heavy atom. The van der Waals surface area contributed by atoms with E-state index in [1.807, 2.05) is 0 Å². The van der Waals surface area contributed by atoms with Gasteiger partial charge in [-0.1, -0.05) is 0 Å². The summed E-state index contributed by atoms with van der Waals surface area (Å²) >= 11 is 0. The highest BCUT2D eigenvalue weighted by Crippen LogP contribution is 2.18. The minimum absolute atomic E-state index is 0.0192. The Bertz CT molecular complexity index is 443. The topological polar surface area (TPSA) is 66.6 Å². The monoisotopic (exact) mass is 278 g/mol. The van der Waals surface area contributed by atoms with E-state index in [9.17, 15) is 23.3 Å². The van der Waals surface area contributed by atoms with E-state index in [1.54, 1.807) is 0 Å². The van der Waals surface area contributed by atoms with Crippen molar-refractivity contribution in [2.24, 2.45) is 0 Å². The number of nitro groups is 1. The maximum Gasteiger partial charge on any atom is 0.272 e. The Morgan fingerprint density at radius 2 is 2.05 bits per heavy atom. The second kappa shape index (κ2) is 7.05. The van der Waals surface area contributed by atoms with Gasteiger partial charge in [0.15, 0.2) is 0 Å². The van der Waals surface area contributed by atoms with Crippen molar-refractivity contribution in [1.82, 2.24) is 4.90 Å². The molecule has 0 aliphatic rings. The lowest BCUT2D eigenvalue weighted by Gasteiger charge is -2.20. The van der Waals surface area contributed by atoms with Gasteiger partial charge in [0.1, 0.15) is 5.82 Å². The molecular weight excluding hydrogens is 265 g/mol. The van der Waals surface area contributed by atoms with Crippen molar-refractivity contribution in [3.63, 3.8) is 0 Å². The summed E-state index contributed by atoms with van der Waals surface area (Å²) in [6, 6.07) is 2.93. The fourth-order valence-electron chi connectivity index (χ4n) is 1.66. The Kier molecular flexibility index (Phi) is 5.71. The fraction of sp³-hybridized carbons (Fsp3) is 0.455. The van der Waals surface area contributed by atoms with Gasteiger partial charge in [-0.25, -0.2) is 13.2 Å². The standard InChI is InChI=1S/C11H13F3N2O3/c12-9-3-8(4-10(5-9)16(18)19)6-15(1-2-17)7-11(13)14/h3-5,11,17H,1-2,6-7H2. The number of nitrogens with zero attached hydrogens (tertiary/aromatic N) is 2. The van der Waals surface area contributed by atoms with Gasteiger partial charge in [0.2, 0.25) is 0 Å². The molecular formula is C11H13F3N2O3. The largest absolute Gasteiger partial charge is 0.395 e. The summed E-state index contributed by atoms with van der Waals surface area (Å²) in [6.07, 6.45) is -2.60. The SMILES string of the molecule is O=[N+]([O-])c1cc(F)cc(CN(CCO)CC(F)F)c1. The summed E-state index contributed by atoms with van der Waals surface area (Å²) in [5.74, 6) is -0.801. The van der Waals surface area contributed by atoms with E-state index in [4.69, 9.17) is 5.11 Å². The first-order valence-electron chi connectivity index (χ1n) is 5.47. The van der Waals surface area contributed by atoms with Crippen molar-refractivity contribution >= 4 is 5.69 Å². The van der Waals surface area contributed by atoms with Gasteiger partial charge in [0.05, 0.1) is 24.1 Å². The first-order valence-corrected chi connectivity index (χ1v) is 5.47. The molecule has 1 aromatic carbocycles. The Labute approximate surface area is 107 Å². The molecule has 0 saturated carbocycles. The van der Waals surface area contributed by atoms with Crippen LogP contribution in [0.4, 0.5) is 18.9 Å². The first-order chi connectivity index (χ1) is 8.92. The number of hydrogen-bond acceptors (Lipinski definition) is 4. The van der Waals surface area contributed by atoms with Crippen molar-refractivity contribution in [3.05, 3.63) is 39.7 Å². The van der Waals surface area contributed by atoms with Gasteiger partial charge >= 0.3 is 0 Å². The van der Waals surface area contributed by atoms with Gasteiger partial charge in [-0.15, -0.1) is 0 Å². The number of rotatable bonds is 7. The minimum atomic E-state index is -2.60. The summed E-state index contributed by atoms with van der Waals surface area (Å²) in [5, 5.41) is 19.3. The van der Waals surface area contributed by atoms with Crippen LogP contribution in [0.15, 0.2) is 18.2 Å². The van der Waals surface area contributed by atoms with Crippen LogP contribution in [0.1, 0.15) is 5.56 Å². The molecule has 0 heterocycles. The van der Waals surface area contributed by atoms with Gasteiger partial charge < -0.3 is 5.11 Å². The second-order valence-electron chi connectivity index (χ2n) is 3.92. The van der Waals surface area contributed by atoms with Crippen LogP contribution >= 0.6 is 0 Å². The van der Waals surface area contributed by atoms with E-state index in [-0.39, 0.29) is 25.3 Å². The zero-order valence-electron chi connectivity index (χ0n) is 9.93. The van der Waals surface area contributed by atoms with Gasteiger partial charge in [0.25, 0.3) is 12.1 Å². The average molecular weight is 278 g/mol. The van der Waals surface area contributed by atoms with Crippen LogP contribution < -0.4 is 0 Å². The molecule has 1 N–H and O–H groups in total. The van der Waals surface area contributed by atoms with E-state index >= 15 is 0 Å². The van der Waals surface area contributed by atoms with Gasteiger partial charge in [-0.2, -0.15) is 0 Å². The maximum atomic E-state index is 13.2. The van der Waals surface area contributed by atoms with Crippen LogP contribution in [0, 0.1) is 15.9 Å². The third-order valence-corrected chi connectivity index (χ3v) is 2.37. The van der Waals surface area contributed by atoms with Crippen LogP contribution in [0.2, 0.25) is 0 Å². The fourth-order valence-corrected chi connectivity index (χ4v) is 1.66. The molecule has 0 amide bonds. The summed E-state index contributed by atoms with van der Waals surface area (Å²) < 4.78 is 37.8. The molecule has 0 bridgehead atoms. The highest BCUT2D eigenvalue weighted by molar-refractivity contribution is 5.35. The number of nitro benzene ring substituents is 1. The van der Waals surface area contributed by atoms with Crippen molar-refractivity contribution in [1.29, 1.82) is 0 Å². The van der Waals surface area contributed by atoms with E-state index in [0.717, 1.165) is 18.2 Å². The normalized spacial score (nSPS) is 11.3. The molecule has 0 unspecified atom stereocenters. The molecule has 0 fully saturated rings. The lowest BCUT2D eigenvalue weighted by molar-refractivity contribution is -0.385. The van der Waals surface area contributed by atoms with E-state index in [2.05, 4.69) is 0 Å². The lowest BCUT2D eigenvalue weighted by atomic mass is 10.2. The number of non-ortho nitro benzene ring substituents is 1. The Hall–Kier alpha value is -1.67. The van der Waals surface area contributed by atoms with Crippen molar-refractivity contribution in [3.8, 4) is 0 Å². The van der Waals surface area contributed by atoms with Crippen LogP contribution in [0.25, 0.3) is 0 Å². The van der Waals surface area contributed by atoms with Crippen molar-refractivity contribution in [2.75, 3.05) is 19.7 Å². The summed E-state index contributed by atoms with van der Waals surface area (Å²) in [4.78, 5) is 11.0. The third-order valence-electron chi connectivity index (χ3n) is 2.37. The van der Waals surface area contributed by atoms with Crippen LogP contribution in [0.5, 0.6) is 0 Å². The molecule has 0 saturated heterocycles. The van der Waals surface area contributed by atoms with Gasteiger partial charge in [-0.05, 0) is 11.6 Å². The third kappa shape index (κ3) is 5.23. The molecule has 1 rings (SSSR count). The van der Waals surface area contributed by atoms with Crippen LogP contribution in [-0.4, -0.2) is 41.1 Å². The molecule has 0 spiro atoms. The van der Waals surface area contributed by atoms with E-state index in [0.29, 0.717) is 0 Å². The molecule has 0 radical (unpaired) electrons. The summed E-state index contributed by atoms with van der Waals surface area (Å²) in [7, 11) is 0. The Balaban J connectivity index is 2.86. The highest BCUT2D eigenvalue weighted by atomic mass is 19.3. The Morgan fingerprint density at radius 3 is 2.58 bits per heavy atom. The highest BCUT2D eigenvalue weighted by Gasteiger charge is 2.15. The quantitative estimate of drug-likeness (QED) is 0.610. The first kappa shape index (κ1) is 15.4. The smallest absolute Gasteiger partial charge is 0.272 e. The summed E-state index contributed by atoms with van der Waals surface area (Å²) in [5.41, 5.74) is -0.225. The zero-order chi connectivity index (χ0) is 14.4. The summed E-state index contributed by atoms with van der Waals surface area (Å²) in [6.45, 7) is -1.03. The van der Waals surface area contributed by atoms with Crippen LogP contribution in [-0.2, 0) is 6.54 Å². The number of aliphatic hydroxyl groups is 1. The number of hydrogen-bond donors (Lipinski definition) is 1. The zero-order valence-corrected chi connectivity index (χ0v) is 9.93. The minimum Gasteiger partial charge on any atom is -0.395 e. The van der Waals surface area contributed by atoms with Crippen molar-refractivity contribution < 1.29 is 23.2 Å². The molecule has 0 aliphatic heterocycles. The molecule has 0 atom stereocenters. The van der Waals surface area contributed by atoms with Gasteiger partial charge in [-0.3, -0.25) is 15.0 Å². The van der Waals surface area contributed by atoms with Gasteiger partial charge in [0, 0.05) is 19.2 Å². The molecule has 19 heavy (non-hydrogen) atoms. The van der Waals surface area contributed by atoms with E-state index < -0.39 is 29.4 Å². The molecule has 106 valence electrons. The molecule has 1 aromatic rings. The lowest BCUT2D eigenvalue weighted by Crippen LogP contribution is -2.31. The van der Waals surface area contributed by atoms with Crippen molar-refractivity contribution in [2.45, 2.75) is 13.0 Å². The second-order valence-corrected chi connectivity index (χ2v) is 3.92. The number of benzene rings is 1. The number of aliphatic hydroxyl groups excluding tert-OH is 1. The molecule has 0 aliphatic carbocycles. The number of alkyl halides is 2. The molecule has 0 aromatic heterocycles. The van der Waals surface area contributed by atoms with Crippen LogP contribution in [0.3, 0.4) is 0 Å².